The van der Waals surface area contributed by atoms with Crippen molar-refractivity contribution < 1.29 is 23.9 Å². The normalized spacial score (nSPS) is 19.2. The number of hydrogen-bond acceptors (Lipinski definition) is 10. The first-order valence-electron chi connectivity index (χ1n) is 12.6. The lowest BCUT2D eigenvalue weighted by Gasteiger charge is -2.37. The third kappa shape index (κ3) is 6.75. The molecule has 4 rings (SSSR count). The molecule has 0 saturated carbocycles. The SMILES string of the molecule is CCOc1cnc(NC(=O)N(C)[C@@H]2CCCN(c3nccc(OC(=O)NC[C@@H]4CCC(=O)N4C)n3)C2)cn1. The molecule has 38 heavy (non-hydrogen) atoms. The highest BCUT2D eigenvalue weighted by atomic mass is 16.6. The number of piperidine rings is 1. The number of carbonyl (C=O) groups excluding carboxylic acids is 3. The molecule has 2 aromatic rings. The summed E-state index contributed by atoms with van der Waals surface area (Å²) in [5.41, 5.74) is 0. The van der Waals surface area contributed by atoms with Crippen molar-refractivity contribution in [2.75, 3.05) is 50.6 Å². The Labute approximate surface area is 220 Å². The zero-order valence-electron chi connectivity index (χ0n) is 21.8. The number of ether oxygens (including phenoxy) is 2. The van der Waals surface area contributed by atoms with E-state index in [2.05, 4.69) is 30.6 Å². The molecule has 14 heteroatoms. The Kier molecular flexibility index (Phi) is 8.71. The van der Waals surface area contributed by atoms with Gasteiger partial charge in [-0.3, -0.25) is 10.1 Å². The highest BCUT2D eigenvalue weighted by Crippen LogP contribution is 2.21. The van der Waals surface area contributed by atoms with Gasteiger partial charge in [0.15, 0.2) is 5.82 Å². The minimum atomic E-state index is -0.646. The lowest BCUT2D eigenvalue weighted by Crippen LogP contribution is -2.50. The van der Waals surface area contributed by atoms with Crippen LogP contribution in [0.25, 0.3) is 0 Å². The standard InChI is InChI=1S/C24H33N9O5/c1-4-37-20-14-26-18(13-27-20)29-23(35)32(3)17-6-5-11-33(15-17)22-25-10-9-19(30-22)38-24(36)28-12-16-7-8-21(34)31(16)2/h9-10,13-14,16-17H,4-8,11-12,15H2,1-3H3,(H,28,36)(H,26,29,35)/t16-,17+/m0/s1. The fourth-order valence-electron chi connectivity index (χ4n) is 4.40. The van der Waals surface area contributed by atoms with Crippen LogP contribution in [0.15, 0.2) is 24.7 Å². The maximum absolute atomic E-state index is 12.8. The summed E-state index contributed by atoms with van der Waals surface area (Å²) in [6, 6.07) is 1.06. The number of urea groups is 1. The highest BCUT2D eigenvalue weighted by Gasteiger charge is 2.29. The molecule has 0 spiro atoms. The third-order valence-corrected chi connectivity index (χ3v) is 6.63. The van der Waals surface area contributed by atoms with Gasteiger partial charge in [-0.05, 0) is 26.2 Å². The van der Waals surface area contributed by atoms with Crippen LogP contribution >= 0.6 is 0 Å². The molecule has 2 fully saturated rings. The van der Waals surface area contributed by atoms with Gasteiger partial charge in [0.2, 0.25) is 23.6 Å². The van der Waals surface area contributed by atoms with Gasteiger partial charge in [-0.25, -0.2) is 24.5 Å². The van der Waals surface area contributed by atoms with Crippen LogP contribution < -0.4 is 25.0 Å². The molecule has 4 heterocycles. The third-order valence-electron chi connectivity index (χ3n) is 6.63. The van der Waals surface area contributed by atoms with Gasteiger partial charge in [0, 0.05) is 58.5 Å². The summed E-state index contributed by atoms with van der Waals surface area (Å²) in [6.45, 7) is 3.86. The van der Waals surface area contributed by atoms with Gasteiger partial charge in [0.25, 0.3) is 0 Å². The van der Waals surface area contributed by atoms with E-state index in [1.54, 1.807) is 23.9 Å². The predicted molar refractivity (Wildman–Crippen MR) is 137 cm³/mol. The van der Waals surface area contributed by atoms with Crippen LogP contribution in [0.2, 0.25) is 0 Å². The maximum Gasteiger partial charge on any atom is 0.414 e. The van der Waals surface area contributed by atoms with Crippen molar-refractivity contribution in [3.05, 3.63) is 24.7 Å². The van der Waals surface area contributed by atoms with Gasteiger partial charge in [-0.1, -0.05) is 0 Å². The first-order chi connectivity index (χ1) is 18.3. The monoisotopic (exact) mass is 527 g/mol. The molecule has 2 aromatic heterocycles. The molecule has 2 N–H and O–H groups in total. The Morgan fingerprint density at radius 1 is 1.18 bits per heavy atom. The van der Waals surface area contributed by atoms with Gasteiger partial charge < -0.3 is 29.5 Å². The molecule has 0 radical (unpaired) electrons. The van der Waals surface area contributed by atoms with E-state index in [9.17, 15) is 14.4 Å². The number of carbonyl (C=O) groups is 3. The zero-order valence-corrected chi connectivity index (χ0v) is 21.8. The van der Waals surface area contributed by atoms with Crippen molar-refractivity contribution in [1.82, 2.24) is 35.1 Å². The summed E-state index contributed by atoms with van der Waals surface area (Å²) < 4.78 is 10.6. The van der Waals surface area contributed by atoms with E-state index in [1.807, 2.05) is 11.8 Å². The van der Waals surface area contributed by atoms with Gasteiger partial charge in [0.1, 0.15) is 0 Å². The quantitative estimate of drug-likeness (QED) is 0.516. The van der Waals surface area contributed by atoms with Crippen LogP contribution in [0.5, 0.6) is 11.8 Å². The number of hydrogen-bond donors (Lipinski definition) is 2. The predicted octanol–water partition coefficient (Wildman–Crippen LogP) is 1.51. The highest BCUT2D eigenvalue weighted by molar-refractivity contribution is 5.88. The summed E-state index contributed by atoms with van der Waals surface area (Å²) >= 11 is 0. The maximum atomic E-state index is 12.8. The Morgan fingerprint density at radius 3 is 2.74 bits per heavy atom. The van der Waals surface area contributed by atoms with Gasteiger partial charge in [-0.2, -0.15) is 4.98 Å². The van der Waals surface area contributed by atoms with Crippen molar-refractivity contribution in [3.8, 4) is 11.8 Å². The smallest absolute Gasteiger partial charge is 0.414 e. The molecule has 204 valence electrons. The van der Waals surface area contributed by atoms with Gasteiger partial charge in [0.05, 0.1) is 25.0 Å². The van der Waals surface area contributed by atoms with E-state index in [-0.39, 0.29) is 29.9 Å². The second-order valence-corrected chi connectivity index (χ2v) is 9.12. The summed E-state index contributed by atoms with van der Waals surface area (Å²) in [5, 5.41) is 5.44. The number of amides is 4. The number of aromatic nitrogens is 4. The first-order valence-corrected chi connectivity index (χ1v) is 12.6. The molecule has 0 aromatic carbocycles. The summed E-state index contributed by atoms with van der Waals surface area (Å²) in [6.07, 6.45) is 6.61. The fraction of sp³-hybridized carbons (Fsp3) is 0.542. The number of likely N-dealkylation sites (tertiary alicyclic amines) is 1. The zero-order chi connectivity index (χ0) is 27.1. The van der Waals surface area contributed by atoms with E-state index >= 15 is 0 Å². The summed E-state index contributed by atoms with van der Waals surface area (Å²) in [4.78, 5) is 59.0. The molecule has 14 nitrogen and oxygen atoms in total. The van der Waals surface area contributed by atoms with Crippen molar-refractivity contribution in [3.63, 3.8) is 0 Å². The van der Waals surface area contributed by atoms with Crippen LogP contribution in [0.3, 0.4) is 0 Å². The van der Waals surface area contributed by atoms with Crippen LogP contribution in [0.1, 0.15) is 32.6 Å². The minimum absolute atomic E-state index is 0.0445. The van der Waals surface area contributed by atoms with Crippen LogP contribution in [0.4, 0.5) is 21.4 Å². The van der Waals surface area contributed by atoms with Gasteiger partial charge >= 0.3 is 12.1 Å². The number of rotatable bonds is 8. The van der Waals surface area contributed by atoms with Crippen LogP contribution in [-0.4, -0.2) is 100 Å². The number of nitrogens with one attached hydrogen (secondary N) is 2. The molecule has 0 unspecified atom stereocenters. The molecule has 2 aliphatic heterocycles. The van der Waals surface area contributed by atoms with Crippen LogP contribution in [-0.2, 0) is 4.79 Å². The number of likely N-dealkylation sites (N-methyl/N-ethyl adjacent to an activating group) is 2. The van der Waals surface area contributed by atoms with Gasteiger partial charge in [-0.15, -0.1) is 0 Å². The van der Waals surface area contributed by atoms with Crippen LogP contribution in [0, 0.1) is 0 Å². The van der Waals surface area contributed by atoms with E-state index in [0.717, 1.165) is 12.8 Å². The molecular formula is C24H33N9O5. The molecule has 4 amide bonds. The second kappa shape index (κ2) is 12.3. The van der Waals surface area contributed by atoms with Crippen molar-refractivity contribution in [1.29, 1.82) is 0 Å². The number of nitrogens with zero attached hydrogens (tertiary/aromatic N) is 7. The molecule has 2 atom stereocenters. The van der Waals surface area contributed by atoms with E-state index in [0.29, 0.717) is 56.7 Å². The average molecular weight is 528 g/mol. The largest absolute Gasteiger partial charge is 0.477 e. The average Bonchev–Trinajstić information content (AvgIpc) is 3.25. The van der Waals surface area contributed by atoms with E-state index < -0.39 is 6.09 Å². The summed E-state index contributed by atoms with van der Waals surface area (Å²) in [5.74, 6) is 1.32. The lowest BCUT2D eigenvalue weighted by molar-refractivity contribution is -0.127. The Hall–Kier alpha value is -4.23. The molecular weight excluding hydrogens is 494 g/mol. The van der Waals surface area contributed by atoms with Crippen molar-refractivity contribution in [2.24, 2.45) is 0 Å². The Morgan fingerprint density at radius 2 is 2.03 bits per heavy atom. The minimum Gasteiger partial charge on any atom is -0.477 e. The Bertz CT molecular complexity index is 1130. The summed E-state index contributed by atoms with van der Waals surface area (Å²) in [7, 11) is 3.45. The topological polar surface area (TPSA) is 155 Å². The molecule has 0 aliphatic carbocycles. The fourth-order valence-corrected chi connectivity index (χ4v) is 4.40. The van der Waals surface area contributed by atoms with Crippen molar-refractivity contribution in [2.45, 2.75) is 44.7 Å². The molecule has 2 aliphatic rings. The molecule has 0 bridgehead atoms. The number of anilines is 2. The first kappa shape index (κ1) is 26.8. The Balaban J connectivity index is 1.30. The molecule has 2 saturated heterocycles. The van der Waals surface area contributed by atoms with E-state index in [4.69, 9.17) is 9.47 Å². The van der Waals surface area contributed by atoms with Crippen molar-refractivity contribution >= 4 is 29.8 Å². The van der Waals surface area contributed by atoms with E-state index in [1.165, 1.54) is 24.7 Å². The lowest BCUT2D eigenvalue weighted by atomic mass is 10.1. The second-order valence-electron chi connectivity index (χ2n) is 9.12.